The molecule has 1 aliphatic rings. The van der Waals surface area contributed by atoms with Crippen molar-refractivity contribution in [1.82, 2.24) is 4.31 Å². The summed E-state index contributed by atoms with van der Waals surface area (Å²) in [6.45, 7) is 6.07. The van der Waals surface area contributed by atoms with Crippen molar-refractivity contribution in [1.29, 1.82) is 0 Å². The van der Waals surface area contributed by atoms with Gasteiger partial charge in [-0.1, -0.05) is 0 Å². The van der Waals surface area contributed by atoms with Crippen LogP contribution in [0.25, 0.3) is 0 Å². The molecule has 0 spiro atoms. The quantitative estimate of drug-likeness (QED) is 0.907. The standard InChI is InChI=1S/C13H21NO5S/c1-9-7-14(5-4-6-18-9)20(16,17)13-11(3)19-10(2)12(13)8-15/h9,15H,4-8H2,1-3H3. The second kappa shape index (κ2) is 5.85. The largest absolute Gasteiger partial charge is 0.465 e. The number of aliphatic hydroxyl groups excluding tert-OH is 1. The Morgan fingerprint density at radius 2 is 2.05 bits per heavy atom. The summed E-state index contributed by atoms with van der Waals surface area (Å²) in [6.07, 6.45) is 0.520. The van der Waals surface area contributed by atoms with Crippen LogP contribution in [-0.2, 0) is 21.4 Å². The van der Waals surface area contributed by atoms with Gasteiger partial charge in [0.05, 0.1) is 12.7 Å². The number of rotatable bonds is 3. The topological polar surface area (TPSA) is 80.0 Å². The molecule has 0 aromatic carbocycles. The van der Waals surface area contributed by atoms with E-state index in [0.717, 1.165) is 0 Å². The number of aryl methyl sites for hydroxylation is 2. The number of furan rings is 1. The van der Waals surface area contributed by atoms with Crippen LogP contribution in [-0.4, -0.2) is 43.6 Å². The van der Waals surface area contributed by atoms with Crippen LogP contribution in [0.1, 0.15) is 30.4 Å². The Morgan fingerprint density at radius 1 is 1.35 bits per heavy atom. The molecule has 1 saturated heterocycles. The number of hydrogen-bond acceptors (Lipinski definition) is 5. The lowest BCUT2D eigenvalue weighted by Gasteiger charge is -2.21. The van der Waals surface area contributed by atoms with Crippen molar-refractivity contribution in [3.63, 3.8) is 0 Å². The third-order valence-electron chi connectivity index (χ3n) is 3.50. The lowest BCUT2D eigenvalue weighted by molar-refractivity contribution is 0.0752. The molecule has 0 aliphatic carbocycles. The number of aliphatic hydroxyl groups is 1. The smallest absolute Gasteiger partial charge is 0.247 e. The lowest BCUT2D eigenvalue weighted by atomic mass is 10.2. The summed E-state index contributed by atoms with van der Waals surface area (Å²) in [4.78, 5) is 0.103. The highest BCUT2D eigenvalue weighted by Crippen LogP contribution is 2.30. The van der Waals surface area contributed by atoms with Crippen molar-refractivity contribution < 1.29 is 22.7 Å². The molecule has 0 saturated carbocycles. The van der Waals surface area contributed by atoms with E-state index in [1.807, 2.05) is 6.92 Å². The molecular weight excluding hydrogens is 282 g/mol. The highest BCUT2D eigenvalue weighted by atomic mass is 32.2. The van der Waals surface area contributed by atoms with Crippen LogP contribution in [0.3, 0.4) is 0 Å². The van der Waals surface area contributed by atoms with Crippen molar-refractivity contribution in [2.45, 2.75) is 44.8 Å². The van der Waals surface area contributed by atoms with Crippen molar-refractivity contribution in [3.05, 3.63) is 17.1 Å². The number of nitrogens with zero attached hydrogens (tertiary/aromatic N) is 1. The van der Waals surface area contributed by atoms with Gasteiger partial charge in [-0.05, 0) is 27.2 Å². The highest BCUT2D eigenvalue weighted by molar-refractivity contribution is 7.89. The molecule has 1 unspecified atom stereocenters. The van der Waals surface area contributed by atoms with Crippen LogP contribution in [0.5, 0.6) is 0 Å². The molecular formula is C13H21NO5S. The molecule has 1 aromatic heterocycles. The fraction of sp³-hybridized carbons (Fsp3) is 0.692. The van der Waals surface area contributed by atoms with Gasteiger partial charge < -0.3 is 14.3 Å². The third kappa shape index (κ3) is 2.76. The van der Waals surface area contributed by atoms with E-state index >= 15 is 0 Å². The molecule has 2 rings (SSSR count). The number of hydrogen-bond donors (Lipinski definition) is 1. The Kier molecular flexibility index (Phi) is 4.53. The van der Waals surface area contributed by atoms with Crippen molar-refractivity contribution in [2.24, 2.45) is 0 Å². The monoisotopic (exact) mass is 303 g/mol. The van der Waals surface area contributed by atoms with Gasteiger partial charge in [0.15, 0.2) is 0 Å². The van der Waals surface area contributed by atoms with E-state index in [1.54, 1.807) is 13.8 Å². The molecule has 1 aromatic rings. The van der Waals surface area contributed by atoms with Crippen LogP contribution < -0.4 is 0 Å². The number of sulfonamides is 1. The van der Waals surface area contributed by atoms with Crippen LogP contribution in [0.2, 0.25) is 0 Å². The summed E-state index contributed by atoms with van der Waals surface area (Å²) in [5.74, 6) is 0.770. The number of ether oxygens (including phenoxy) is 1. The summed E-state index contributed by atoms with van der Waals surface area (Å²) in [5, 5.41) is 9.41. The Labute approximate surface area is 119 Å². The zero-order valence-corrected chi connectivity index (χ0v) is 12.9. The van der Waals surface area contributed by atoms with Gasteiger partial charge in [0, 0.05) is 25.3 Å². The summed E-state index contributed by atoms with van der Waals surface area (Å²) in [6, 6.07) is 0. The molecule has 0 amide bonds. The second-order valence-electron chi connectivity index (χ2n) is 5.08. The van der Waals surface area contributed by atoms with Gasteiger partial charge in [0.25, 0.3) is 0 Å². The minimum Gasteiger partial charge on any atom is -0.465 e. The zero-order valence-electron chi connectivity index (χ0n) is 12.0. The highest BCUT2D eigenvalue weighted by Gasteiger charge is 2.33. The van der Waals surface area contributed by atoms with Crippen LogP contribution in [0.4, 0.5) is 0 Å². The van der Waals surface area contributed by atoms with E-state index in [2.05, 4.69) is 0 Å². The van der Waals surface area contributed by atoms with Crippen LogP contribution >= 0.6 is 0 Å². The average molecular weight is 303 g/mol. The molecule has 1 fully saturated rings. The maximum Gasteiger partial charge on any atom is 0.247 e. The summed E-state index contributed by atoms with van der Waals surface area (Å²) in [5.41, 5.74) is 0.348. The molecule has 1 atom stereocenters. The van der Waals surface area contributed by atoms with Gasteiger partial charge in [-0.15, -0.1) is 0 Å². The summed E-state index contributed by atoms with van der Waals surface area (Å²) >= 11 is 0. The van der Waals surface area contributed by atoms with Gasteiger partial charge in [-0.3, -0.25) is 0 Å². The fourth-order valence-electron chi connectivity index (χ4n) is 2.53. The molecule has 20 heavy (non-hydrogen) atoms. The minimum absolute atomic E-state index is 0.103. The molecule has 7 heteroatoms. The van der Waals surface area contributed by atoms with Crippen molar-refractivity contribution in [3.8, 4) is 0 Å². The molecule has 1 aliphatic heterocycles. The first-order valence-corrected chi connectivity index (χ1v) is 8.13. The molecule has 2 heterocycles. The van der Waals surface area contributed by atoms with Crippen molar-refractivity contribution in [2.75, 3.05) is 19.7 Å². The maximum atomic E-state index is 12.8. The second-order valence-corrected chi connectivity index (χ2v) is 6.95. The first-order valence-electron chi connectivity index (χ1n) is 6.69. The Morgan fingerprint density at radius 3 is 2.70 bits per heavy atom. The predicted molar refractivity (Wildman–Crippen MR) is 72.9 cm³/mol. The molecule has 1 N–H and O–H groups in total. The van der Waals surface area contributed by atoms with E-state index in [-0.39, 0.29) is 17.6 Å². The van der Waals surface area contributed by atoms with E-state index in [9.17, 15) is 13.5 Å². The first-order chi connectivity index (χ1) is 9.37. The van der Waals surface area contributed by atoms with Crippen LogP contribution in [0, 0.1) is 13.8 Å². The molecule has 0 bridgehead atoms. The van der Waals surface area contributed by atoms with Gasteiger partial charge in [0.2, 0.25) is 10.0 Å². The average Bonchev–Trinajstić information content (AvgIpc) is 2.54. The van der Waals surface area contributed by atoms with E-state index in [4.69, 9.17) is 9.15 Å². The molecule has 114 valence electrons. The predicted octanol–water partition coefficient (Wildman–Crippen LogP) is 1.19. The minimum atomic E-state index is -3.67. The lowest BCUT2D eigenvalue weighted by Crippen LogP contribution is -2.36. The van der Waals surface area contributed by atoms with Gasteiger partial charge in [-0.2, -0.15) is 4.31 Å². The van der Waals surface area contributed by atoms with Crippen molar-refractivity contribution >= 4 is 10.0 Å². The maximum absolute atomic E-state index is 12.8. The SMILES string of the molecule is Cc1oc(C)c(S(=O)(=O)N2CCCOC(C)C2)c1CO. The fourth-order valence-corrected chi connectivity index (χ4v) is 4.49. The van der Waals surface area contributed by atoms with Gasteiger partial charge in [-0.25, -0.2) is 8.42 Å². The zero-order chi connectivity index (χ0) is 14.9. The van der Waals surface area contributed by atoms with E-state index < -0.39 is 10.0 Å². The normalized spacial score (nSPS) is 21.9. The first kappa shape index (κ1) is 15.5. The summed E-state index contributed by atoms with van der Waals surface area (Å²) < 4.78 is 37.9. The Hall–Kier alpha value is -0.890. The summed E-state index contributed by atoms with van der Waals surface area (Å²) in [7, 11) is -3.67. The Bertz CT molecular complexity index is 578. The Balaban J connectivity index is 2.44. The van der Waals surface area contributed by atoms with Crippen LogP contribution in [0.15, 0.2) is 9.31 Å². The molecule has 0 radical (unpaired) electrons. The van der Waals surface area contributed by atoms with E-state index in [1.165, 1.54) is 4.31 Å². The van der Waals surface area contributed by atoms with Gasteiger partial charge in [0.1, 0.15) is 16.4 Å². The van der Waals surface area contributed by atoms with Gasteiger partial charge >= 0.3 is 0 Å². The third-order valence-corrected chi connectivity index (χ3v) is 5.56. The van der Waals surface area contributed by atoms with E-state index in [0.29, 0.717) is 43.2 Å². The molecule has 6 nitrogen and oxygen atoms in total.